The van der Waals surface area contributed by atoms with E-state index in [9.17, 15) is 22.8 Å². The molecule has 118 valence electrons. The van der Waals surface area contributed by atoms with E-state index in [0.29, 0.717) is 6.54 Å². The van der Waals surface area contributed by atoms with Crippen molar-refractivity contribution in [3.63, 3.8) is 0 Å². The predicted octanol–water partition coefficient (Wildman–Crippen LogP) is 2.27. The summed E-state index contributed by atoms with van der Waals surface area (Å²) in [4.78, 5) is 25.7. The molecule has 0 radical (unpaired) electrons. The van der Waals surface area contributed by atoms with Crippen LogP contribution in [0.5, 0.6) is 0 Å². The Morgan fingerprint density at radius 2 is 1.86 bits per heavy atom. The first kappa shape index (κ1) is 15.9. The molecular weight excluding hydrogens is 299 g/mol. The van der Waals surface area contributed by atoms with Crippen LogP contribution >= 0.6 is 0 Å². The molecule has 0 fully saturated rings. The fraction of sp³-hybridized carbons (Fsp3) is 0.286. The third-order valence-electron chi connectivity index (χ3n) is 3.15. The van der Waals surface area contributed by atoms with Gasteiger partial charge in [0.25, 0.3) is 5.56 Å². The van der Waals surface area contributed by atoms with Gasteiger partial charge in [-0.25, -0.2) is 9.36 Å². The molecule has 5 nitrogen and oxygen atoms in total. The van der Waals surface area contributed by atoms with Gasteiger partial charge in [-0.15, -0.1) is 0 Å². The summed E-state index contributed by atoms with van der Waals surface area (Å²) in [6, 6.07) is 7.89. The van der Waals surface area contributed by atoms with Crippen molar-refractivity contribution in [3.8, 4) is 0 Å². The fourth-order valence-electron chi connectivity index (χ4n) is 1.91. The van der Waals surface area contributed by atoms with Crippen molar-refractivity contribution in [3.05, 3.63) is 62.8 Å². The molecule has 8 heteroatoms. The average molecular weight is 313 g/mol. The smallest absolute Gasteiger partial charge is 0.367 e. The highest BCUT2D eigenvalue weighted by Crippen LogP contribution is 2.27. The number of benzene rings is 1. The van der Waals surface area contributed by atoms with Gasteiger partial charge in [-0.05, 0) is 12.5 Å². The molecule has 1 heterocycles. The van der Waals surface area contributed by atoms with E-state index in [1.165, 1.54) is 0 Å². The summed E-state index contributed by atoms with van der Waals surface area (Å²) in [5.41, 5.74) is -1.21. The third kappa shape index (κ3) is 3.57. The van der Waals surface area contributed by atoms with Gasteiger partial charge in [0, 0.05) is 12.6 Å². The van der Waals surface area contributed by atoms with Crippen LogP contribution in [-0.2, 0) is 6.54 Å². The molecule has 2 rings (SSSR count). The Labute approximate surface area is 123 Å². The van der Waals surface area contributed by atoms with Crippen molar-refractivity contribution in [1.29, 1.82) is 0 Å². The highest BCUT2D eigenvalue weighted by atomic mass is 19.4. The second-order valence-corrected chi connectivity index (χ2v) is 4.75. The average Bonchev–Trinajstić information content (AvgIpc) is 2.44. The number of rotatable bonds is 4. The second-order valence-electron chi connectivity index (χ2n) is 4.75. The maximum Gasteiger partial charge on any atom is 0.409 e. The van der Waals surface area contributed by atoms with Crippen LogP contribution in [0.3, 0.4) is 0 Å². The van der Waals surface area contributed by atoms with Gasteiger partial charge in [0.2, 0.25) is 0 Å². The van der Waals surface area contributed by atoms with Crippen LogP contribution in [0.4, 0.5) is 19.0 Å². The molecule has 2 aromatic rings. The molecule has 0 spiro atoms. The molecule has 22 heavy (non-hydrogen) atoms. The SMILES string of the molecule is C[C@H](n1c(=O)cc(NCc2ccccc2)[nH]c1=O)C(F)(F)F. The lowest BCUT2D eigenvalue weighted by Gasteiger charge is -2.17. The van der Waals surface area contributed by atoms with E-state index in [1.54, 1.807) is 0 Å². The largest absolute Gasteiger partial charge is 0.409 e. The minimum Gasteiger partial charge on any atom is -0.367 e. The quantitative estimate of drug-likeness (QED) is 0.910. The molecule has 1 aromatic carbocycles. The number of nitrogens with zero attached hydrogens (tertiary/aromatic N) is 1. The summed E-state index contributed by atoms with van der Waals surface area (Å²) in [5, 5.41) is 2.80. The minimum absolute atomic E-state index is 0.0736. The van der Waals surface area contributed by atoms with Gasteiger partial charge in [0.05, 0.1) is 0 Å². The number of halogens is 3. The van der Waals surface area contributed by atoms with Gasteiger partial charge >= 0.3 is 11.9 Å². The number of H-pyrrole nitrogens is 1. The van der Waals surface area contributed by atoms with E-state index < -0.39 is 23.5 Å². The summed E-state index contributed by atoms with van der Waals surface area (Å²) in [6.45, 7) is 1.09. The van der Waals surface area contributed by atoms with Crippen molar-refractivity contribution in [2.24, 2.45) is 0 Å². The zero-order valence-electron chi connectivity index (χ0n) is 11.6. The monoisotopic (exact) mass is 313 g/mol. The molecule has 1 aromatic heterocycles. The maximum atomic E-state index is 12.6. The molecule has 0 saturated heterocycles. The summed E-state index contributed by atoms with van der Waals surface area (Å²) in [7, 11) is 0. The van der Waals surface area contributed by atoms with Crippen LogP contribution in [0.1, 0.15) is 18.5 Å². The lowest BCUT2D eigenvalue weighted by atomic mass is 10.2. The number of hydrogen-bond donors (Lipinski definition) is 2. The highest BCUT2D eigenvalue weighted by Gasteiger charge is 2.39. The minimum atomic E-state index is -4.67. The number of aromatic nitrogens is 2. The Bertz CT molecular complexity index is 719. The molecule has 0 aliphatic rings. The van der Waals surface area contributed by atoms with Gasteiger partial charge in [-0.1, -0.05) is 30.3 Å². The van der Waals surface area contributed by atoms with Crippen molar-refractivity contribution in [2.75, 3.05) is 5.32 Å². The number of hydrogen-bond acceptors (Lipinski definition) is 3. The molecule has 2 N–H and O–H groups in total. The van der Waals surface area contributed by atoms with E-state index in [-0.39, 0.29) is 10.4 Å². The highest BCUT2D eigenvalue weighted by molar-refractivity contribution is 5.33. The first-order valence-electron chi connectivity index (χ1n) is 6.49. The van der Waals surface area contributed by atoms with Crippen molar-refractivity contribution >= 4 is 5.82 Å². The summed E-state index contributed by atoms with van der Waals surface area (Å²) in [5.74, 6) is 0.0736. The molecule has 0 saturated carbocycles. The molecule has 0 amide bonds. The molecule has 0 bridgehead atoms. The van der Waals surface area contributed by atoms with Gasteiger partial charge in [0.15, 0.2) is 0 Å². The fourth-order valence-corrected chi connectivity index (χ4v) is 1.91. The Balaban J connectivity index is 2.24. The van der Waals surface area contributed by atoms with Crippen LogP contribution < -0.4 is 16.6 Å². The Morgan fingerprint density at radius 3 is 2.41 bits per heavy atom. The molecule has 0 aliphatic heterocycles. The Kier molecular flexibility index (Phi) is 4.39. The molecule has 1 atom stereocenters. The lowest BCUT2D eigenvalue weighted by molar-refractivity contribution is -0.164. The van der Waals surface area contributed by atoms with E-state index in [0.717, 1.165) is 18.6 Å². The number of alkyl halides is 3. The standard InChI is InChI=1S/C14H14F3N3O2/c1-9(14(15,16)17)20-12(21)7-11(19-13(20)22)18-8-10-5-3-2-4-6-10/h2-7,9,18H,8H2,1H3,(H,19,22)/t9-/m0/s1. The maximum absolute atomic E-state index is 12.6. The number of aromatic amines is 1. The van der Waals surface area contributed by atoms with Crippen LogP contribution in [0.2, 0.25) is 0 Å². The second kappa shape index (κ2) is 6.08. The normalized spacial score (nSPS) is 12.9. The molecular formula is C14H14F3N3O2. The molecule has 0 aliphatic carbocycles. The third-order valence-corrected chi connectivity index (χ3v) is 3.15. The van der Waals surface area contributed by atoms with E-state index in [4.69, 9.17) is 0 Å². The van der Waals surface area contributed by atoms with Crippen LogP contribution in [0.25, 0.3) is 0 Å². The number of nitrogens with one attached hydrogen (secondary N) is 2. The van der Waals surface area contributed by atoms with Crippen LogP contribution in [-0.4, -0.2) is 15.7 Å². The predicted molar refractivity (Wildman–Crippen MR) is 75.9 cm³/mol. The van der Waals surface area contributed by atoms with E-state index in [1.807, 2.05) is 30.3 Å². The van der Waals surface area contributed by atoms with E-state index >= 15 is 0 Å². The van der Waals surface area contributed by atoms with Crippen molar-refractivity contribution in [2.45, 2.75) is 25.7 Å². The van der Waals surface area contributed by atoms with Crippen molar-refractivity contribution < 1.29 is 13.2 Å². The van der Waals surface area contributed by atoms with Gasteiger partial charge in [-0.2, -0.15) is 13.2 Å². The van der Waals surface area contributed by atoms with Gasteiger partial charge in [-0.3, -0.25) is 9.78 Å². The first-order chi connectivity index (χ1) is 10.3. The van der Waals surface area contributed by atoms with E-state index in [2.05, 4.69) is 10.3 Å². The zero-order chi connectivity index (χ0) is 16.3. The summed E-state index contributed by atoms with van der Waals surface area (Å²) in [6.07, 6.45) is -4.67. The van der Waals surface area contributed by atoms with Gasteiger partial charge < -0.3 is 5.32 Å². The Morgan fingerprint density at radius 1 is 1.23 bits per heavy atom. The van der Waals surface area contributed by atoms with Crippen LogP contribution in [0.15, 0.2) is 46.0 Å². The zero-order valence-corrected chi connectivity index (χ0v) is 11.6. The lowest BCUT2D eigenvalue weighted by Crippen LogP contribution is -2.42. The summed E-state index contributed by atoms with van der Waals surface area (Å²) >= 11 is 0. The topological polar surface area (TPSA) is 66.9 Å². The first-order valence-corrected chi connectivity index (χ1v) is 6.49. The van der Waals surface area contributed by atoms with Crippen molar-refractivity contribution in [1.82, 2.24) is 9.55 Å². The van der Waals surface area contributed by atoms with Crippen LogP contribution in [0, 0.1) is 0 Å². The van der Waals surface area contributed by atoms with Gasteiger partial charge in [0.1, 0.15) is 11.9 Å². The Hall–Kier alpha value is -2.51. The molecule has 0 unspecified atom stereocenters. The number of anilines is 1. The summed E-state index contributed by atoms with van der Waals surface area (Å²) < 4.78 is 38.1.